The van der Waals surface area contributed by atoms with Gasteiger partial charge in [0.25, 0.3) is 0 Å². The normalized spacial score (nSPS) is 18.3. The number of oxazole rings is 1. The third-order valence-corrected chi connectivity index (χ3v) is 4.92. The molecule has 2 aromatic rings. The largest absolute Gasteiger partial charge is 0.419 e. The minimum atomic E-state index is -0.458. The van der Waals surface area contributed by atoms with Gasteiger partial charge in [0.1, 0.15) is 6.04 Å². The number of nitrogens with one attached hydrogen (secondary N) is 1. The van der Waals surface area contributed by atoms with Gasteiger partial charge >= 0.3 is 5.76 Å². The Hall–Kier alpha value is -2.61. The number of benzene rings is 1. The highest BCUT2D eigenvalue weighted by Crippen LogP contribution is 2.16. The highest BCUT2D eigenvalue weighted by molar-refractivity contribution is 5.83. The first-order valence-electron chi connectivity index (χ1n) is 8.70. The van der Waals surface area contributed by atoms with Crippen LogP contribution in [0.15, 0.2) is 27.4 Å². The molecule has 1 N–H and O–H groups in total. The Morgan fingerprint density at radius 1 is 1.31 bits per heavy atom. The Labute approximate surface area is 151 Å². The van der Waals surface area contributed by atoms with Crippen LogP contribution in [-0.2, 0) is 16.1 Å². The van der Waals surface area contributed by atoms with Crippen LogP contribution in [0.1, 0.15) is 12.0 Å². The lowest BCUT2D eigenvalue weighted by Crippen LogP contribution is -2.58. The zero-order valence-electron chi connectivity index (χ0n) is 15.3. The fraction of sp³-hybridized carbons (Fsp3) is 0.500. The number of fused-ring (bicyclic) bond motifs is 1. The molecule has 1 saturated heterocycles. The van der Waals surface area contributed by atoms with Gasteiger partial charge in [-0.1, -0.05) is 6.07 Å². The van der Waals surface area contributed by atoms with Gasteiger partial charge in [-0.3, -0.25) is 19.1 Å². The number of nitrogens with zero attached hydrogens (tertiary/aromatic N) is 3. The van der Waals surface area contributed by atoms with Crippen LogP contribution in [0.5, 0.6) is 0 Å². The molecule has 8 nitrogen and oxygen atoms in total. The Morgan fingerprint density at radius 3 is 2.81 bits per heavy atom. The van der Waals surface area contributed by atoms with Crippen molar-refractivity contribution in [2.45, 2.75) is 25.9 Å². The standard InChI is InChI=1S/C18H24N4O4/c1-12-4-5-15-13(10-12)22(18(25)26-15)7-6-16(23)21-9-8-20(3)14(11-21)17(24)19-2/h4-5,10,14H,6-9,11H2,1-3H3,(H,19,24)/t14-/m1/s1. The molecule has 0 unspecified atom stereocenters. The quantitative estimate of drug-likeness (QED) is 0.841. The molecule has 0 spiro atoms. The SMILES string of the molecule is CNC(=O)[C@H]1CN(C(=O)CCn2c(=O)oc3ccc(C)cc32)CCN1C. The van der Waals surface area contributed by atoms with Gasteiger partial charge in [-0.05, 0) is 31.7 Å². The van der Waals surface area contributed by atoms with Crippen LogP contribution >= 0.6 is 0 Å². The number of hydrogen-bond donors (Lipinski definition) is 1. The van der Waals surface area contributed by atoms with E-state index >= 15 is 0 Å². The molecule has 8 heteroatoms. The summed E-state index contributed by atoms with van der Waals surface area (Å²) < 4.78 is 6.72. The van der Waals surface area contributed by atoms with Crippen LogP contribution in [0.2, 0.25) is 0 Å². The van der Waals surface area contributed by atoms with Gasteiger partial charge in [-0.15, -0.1) is 0 Å². The van der Waals surface area contributed by atoms with Crippen LogP contribution < -0.4 is 11.1 Å². The number of aromatic nitrogens is 1. The zero-order valence-corrected chi connectivity index (χ0v) is 15.3. The average Bonchev–Trinajstić information content (AvgIpc) is 2.94. The monoisotopic (exact) mass is 360 g/mol. The molecule has 0 radical (unpaired) electrons. The van der Waals surface area contributed by atoms with Crippen molar-refractivity contribution >= 4 is 22.9 Å². The number of carbonyl (C=O) groups is 2. The van der Waals surface area contributed by atoms with Crippen LogP contribution in [0.3, 0.4) is 0 Å². The first-order valence-corrected chi connectivity index (χ1v) is 8.70. The summed E-state index contributed by atoms with van der Waals surface area (Å²) in [6.45, 7) is 3.76. The zero-order chi connectivity index (χ0) is 18.8. The Morgan fingerprint density at radius 2 is 2.08 bits per heavy atom. The van der Waals surface area contributed by atoms with E-state index in [1.807, 2.05) is 31.0 Å². The summed E-state index contributed by atoms with van der Waals surface area (Å²) in [5.74, 6) is -0.626. The van der Waals surface area contributed by atoms with Crippen molar-refractivity contribution in [2.75, 3.05) is 33.7 Å². The number of aryl methyl sites for hydroxylation is 2. The maximum atomic E-state index is 12.6. The van der Waals surface area contributed by atoms with Crippen molar-refractivity contribution < 1.29 is 14.0 Å². The van der Waals surface area contributed by atoms with Crippen molar-refractivity contribution in [2.24, 2.45) is 0 Å². The molecule has 0 aliphatic carbocycles. The fourth-order valence-corrected chi connectivity index (χ4v) is 3.30. The average molecular weight is 360 g/mol. The second-order valence-electron chi connectivity index (χ2n) is 6.69. The molecule has 3 rings (SSSR count). The molecule has 1 aliphatic heterocycles. The highest BCUT2D eigenvalue weighted by Gasteiger charge is 2.31. The lowest BCUT2D eigenvalue weighted by molar-refractivity contribution is -0.137. The molecule has 1 aliphatic rings. The minimum Gasteiger partial charge on any atom is -0.408 e. The smallest absolute Gasteiger partial charge is 0.408 e. The fourth-order valence-electron chi connectivity index (χ4n) is 3.30. The van der Waals surface area contributed by atoms with E-state index in [-0.39, 0.29) is 30.8 Å². The van der Waals surface area contributed by atoms with E-state index in [1.54, 1.807) is 18.0 Å². The maximum absolute atomic E-state index is 12.6. The molecule has 0 saturated carbocycles. The van der Waals surface area contributed by atoms with Crippen molar-refractivity contribution in [3.63, 3.8) is 0 Å². The first-order chi connectivity index (χ1) is 12.4. The van der Waals surface area contributed by atoms with Crippen molar-refractivity contribution in [1.82, 2.24) is 19.7 Å². The summed E-state index contributed by atoms with van der Waals surface area (Å²) in [6, 6.07) is 5.17. The molecular weight excluding hydrogens is 336 g/mol. The van der Waals surface area contributed by atoms with E-state index in [1.165, 1.54) is 4.57 Å². The maximum Gasteiger partial charge on any atom is 0.419 e. The number of amides is 2. The number of likely N-dealkylation sites (N-methyl/N-ethyl adjacent to an activating group) is 2. The van der Waals surface area contributed by atoms with E-state index in [2.05, 4.69) is 5.32 Å². The van der Waals surface area contributed by atoms with E-state index in [0.717, 1.165) is 5.56 Å². The summed E-state index contributed by atoms with van der Waals surface area (Å²) >= 11 is 0. The number of piperazine rings is 1. The molecule has 1 atom stereocenters. The lowest BCUT2D eigenvalue weighted by Gasteiger charge is -2.38. The third-order valence-electron chi connectivity index (χ3n) is 4.92. The van der Waals surface area contributed by atoms with Crippen LogP contribution in [0.4, 0.5) is 0 Å². The lowest BCUT2D eigenvalue weighted by atomic mass is 10.1. The van der Waals surface area contributed by atoms with Gasteiger partial charge in [-0.25, -0.2) is 4.79 Å². The number of rotatable bonds is 4. The molecule has 2 heterocycles. The second kappa shape index (κ2) is 7.33. The molecule has 0 bridgehead atoms. The molecule has 1 fully saturated rings. The topological polar surface area (TPSA) is 87.8 Å². The molecular formula is C18H24N4O4. The predicted octanol–water partition coefficient (Wildman–Crippen LogP) is 0.182. The summed E-state index contributed by atoms with van der Waals surface area (Å²) in [7, 11) is 3.47. The summed E-state index contributed by atoms with van der Waals surface area (Å²) in [6.07, 6.45) is 0.187. The van der Waals surface area contributed by atoms with Crippen molar-refractivity contribution in [3.05, 3.63) is 34.3 Å². The summed E-state index contributed by atoms with van der Waals surface area (Å²) in [5, 5.41) is 2.64. The van der Waals surface area contributed by atoms with Gasteiger partial charge < -0.3 is 14.6 Å². The van der Waals surface area contributed by atoms with Gasteiger partial charge in [0.2, 0.25) is 11.8 Å². The van der Waals surface area contributed by atoms with Gasteiger partial charge in [0, 0.05) is 39.6 Å². The van der Waals surface area contributed by atoms with Crippen LogP contribution in [0, 0.1) is 6.92 Å². The molecule has 1 aromatic heterocycles. The summed E-state index contributed by atoms with van der Waals surface area (Å²) in [5.41, 5.74) is 2.24. The first kappa shape index (κ1) is 18.2. The number of carbonyl (C=O) groups excluding carboxylic acids is 2. The van der Waals surface area contributed by atoms with E-state index < -0.39 is 5.76 Å². The molecule has 140 valence electrons. The Kier molecular flexibility index (Phi) is 5.13. The summed E-state index contributed by atoms with van der Waals surface area (Å²) in [4.78, 5) is 40.3. The highest BCUT2D eigenvalue weighted by atomic mass is 16.4. The van der Waals surface area contributed by atoms with Crippen LogP contribution in [0.25, 0.3) is 11.1 Å². The van der Waals surface area contributed by atoms with Gasteiger partial charge in [-0.2, -0.15) is 0 Å². The second-order valence-corrected chi connectivity index (χ2v) is 6.69. The molecule has 2 amide bonds. The predicted molar refractivity (Wildman–Crippen MR) is 96.9 cm³/mol. The molecule has 26 heavy (non-hydrogen) atoms. The molecule has 1 aromatic carbocycles. The van der Waals surface area contributed by atoms with Crippen LogP contribution in [-0.4, -0.2) is 66.0 Å². The van der Waals surface area contributed by atoms with E-state index in [0.29, 0.717) is 30.7 Å². The van der Waals surface area contributed by atoms with Crippen molar-refractivity contribution in [1.29, 1.82) is 0 Å². The Bertz CT molecular complexity index is 885. The van der Waals surface area contributed by atoms with E-state index in [4.69, 9.17) is 4.42 Å². The van der Waals surface area contributed by atoms with E-state index in [9.17, 15) is 14.4 Å². The van der Waals surface area contributed by atoms with Gasteiger partial charge in [0.05, 0.1) is 5.52 Å². The van der Waals surface area contributed by atoms with Gasteiger partial charge in [0.15, 0.2) is 5.58 Å². The minimum absolute atomic E-state index is 0.0686. The number of hydrogen-bond acceptors (Lipinski definition) is 5. The third kappa shape index (κ3) is 3.50. The Balaban J connectivity index is 1.69. The van der Waals surface area contributed by atoms with Crippen molar-refractivity contribution in [3.8, 4) is 0 Å².